The summed E-state index contributed by atoms with van der Waals surface area (Å²) in [6.45, 7) is 4.98. The maximum atomic E-state index is 12.9. The Hall–Kier alpha value is -2.04. The van der Waals surface area contributed by atoms with Crippen LogP contribution in [0.15, 0.2) is 24.3 Å². The van der Waals surface area contributed by atoms with E-state index in [0.29, 0.717) is 25.0 Å². The fourth-order valence-electron chi connectivity index (χ4n) is 7.18. The first-order valence-corrected chi connectivity index (χ1v) is 12.3. The molecule has 2 amide bonds. The molecule has 0 aromatic heterocycles. The van der Waals surface area contributed by atoms with Crippen molar-refractivity contribution in [3.8, 4) is 0 Å². The number of nitrogens with zero attached hydrogens (tertiary/aromatic N) is 1. The van der Waals surface area contributed by atoms with E-state index in [1.165, 1.54) is 44.1 Å². The molecule has 1 aromatic rings. The number of hydrogen-bond donors (Lipinski definition) is 1. The molecule has 1 unspecified atom stereocenters. The molecule has 1 aromatic carbocycles. The van der Waals surface area contributed by atoms with E-state index >= 15 is 0 Å². The molecule has 4 bridgehead atoms. The highest BCUT2D eigenvalue weighted by molar-refractivity contribution is 5.96. The molecule has 0 radical (unpaired) electrons. The van der Waals surface area contributed by atoms with Crippen LogP contribution in [0, 0.1) is 23.7 Å². The number of hydrogen-bond acceptors (Lipinski definition) is 3. The second-order valence-electron chi connectivity index (χ2n) is 11.1. The third-order valence-corrected chi connectivity index (χ3v) is 8.13. The molecular weight excluding hydrogens is 388 g/mol. The number of nitrogens with one attached hydrogen (secondary N) is 1. The van der Waals surface area contributed by atoms with Gasteiger partial charge in [0.15, 0.2) is 0 Å². The number of benzene rings is 1. The van der Waals surface area contributed by atoms with Crippen molar-refractivity contribution in [1.29, 1.82) is 0 Å². The summed E-state index contributed by atoms with van der Waals surface area (Å²) in [5.74, 6) is 2.95. The van der Waals surface area contributed by atoms with Gasteiger partial charge < -0.3 is 10.1 Å². The first-order valence-electron chi connectivity index (χ1n) is 12.3. The Morgan fingerprint density at radius 3 is 2.26 bits per heavy atom. The zero-order chi connectivity index (χ0) is 21.6. The van der Waals surface area contributed by atoms with E-state index in [0.717, 1.165) is 29.9 Å². The van der Waals surface area contributed by atoms with Crippen molar-refractivity contribution >= 4 is 17.7 Å². The van der Waals surface area contributed by atoms with Crippen molar-refractivity contribution in [3.63, 3.8) is 0 Å². The lowest BCUT2D eigenvalue weighted by atomic mass is 9.48. The minimum atomic E-state index is -0.442. The molecule has 5 nitrogen and oxygen atoms in total. The van der Waals surface area contributed by atoms with Gasteiger partial charge in [-0.2, -0.15) is 0 Å². The third-order valence-electron chi connectivity index (χ3n) is 8.13. The number of ether oxygens (including phenoxy) is 1. The predicted octanol–water partition coefficient (Wildman–Crippen LogP) is 5.35. The van der Waals surface area contributed by atoms with Crippen LogP contribution in [0.5, 0.6) is 0 Å². The van der Waals surface area contributed by atoms with E-state index in [9.17, 15) is 9.59 Å². The van der Waals surface area contributed by atoms with Gasteiger partial charge in [0.05, 0.1) is 6.61 Å². The van der Waals surface area contributed by atoms with Crippen LogP contribution in [0.4, 0.5) is 10.5 Å². The topological polar surface area (TPSA) is 58.6 Å². The number of carbonyl (C=O) groups is 2. The van der Waals surface area contributed by atoms with Crippen molar-refractivity contribution in [1.82, 2.24) is 4.90 Å². The van der Waals surface area contributed by atoms with Gasteiger partial charge in [-0.15, -0.1) is 0 Å². The van der Waals surface area contributed by atoms with Crippen LogP contribution < -0.4 is 5.32 Å². The molecule has 6 rings (SSSR count). The molecule has 168 valence electrons. The van der Waals surface area contributed by atoms with Crippen molar-refractivity contribution in [3.05, 3.63) is 29.8 Å². The van der Waals surface area contributed by atoms with E-state index in [2.05, 4.69) is 29.6 Å². The molecule has 1 saturated heterocycles. The molecule has 1 N–H and O–H groups in total. The van der Waals surface area contributed by atoms with Crippen LogP contribution in [0.25, 0.3) is 0 Å². The molecule has 1 atom stereocenters. The largest absolute Gasteiger partial charge is 0.449 e. The highest BCUT2D eigenvalue weighted by Crippen LogP contribution is 2.60. The van der Waals surface area contributed by atoms with E-state index < -0.39 is 6.04 Å². The Kier molecular flexibility index (Phi) is 5.47. The molecule has 5 fully saturated rings. The lowest BCUT2D eigenvalue weighted by molar-refractivity contribution is -0.120. The van der Waals surface area contributed by atoms with Crippen molar-refractivity contribution in [2.75, 3.05) is 18.5 Å². The van der Waals surface area contributed by atoms with E-state index in [4.69, 9.17) is 4.74 Å². The highest BCUT2D eigenvalue weighted by atomic mass is 16.6. The first-order chi connectivity index (χ1) is 14.9. The quantitative estimate of drug-likeness (QED) is 0.693. The summed E-state index contributed by atoms with van der Waals surface area (Å²) in [4.78, 5) is 26.9. The minimum Gasteiger partial charge on any atom is -0.449 e. The summed E-state index contributed by atoms with van der Waals surface area (Å²) >= 11 is 0. The molecular formula is C26H36N2O3. The summed E-state index contributed by atoms with van der Waals surface area (Å²) in [6, 6.07) is 8.16. The minimum absolute atomic E-state index is 0.110. The molecule has 1 aliphatic heterocycles. The smallest absolute Gasteiger partial charge is 0.410 e. The lowest BCUT2D eigenvalue weighted by Gasteiger charge is -2.57. The van der Waals surface area contributed by atoms with Gasteiger partial charge in [0.2, 0.25) is 5.91 Å². The van der Waals surface area contributed by atoms with E-state index in [-0.39, 0.29) is 17.9 Å². The normalized spacial score (nSPS) is 33.7. The zero-order valence-corrected chi connectivity index (χ0v) is 18.9. The Labute approximate surface area is 185 Å². The summed E-state index contributed by atoms with van der Waals surface area (Å²) in [6.07, 6.45) is 9.54. The number of likely N-dealkylation sites (tertiary alicyclic amines) is 1. The first kappa shape index (κ1) is 20.8. The maximum absolute atomic E-state index is 12.9. The van der Waals surface area contributed by atoms with E-state index in [1.807, 2.05) is 13.8 Å². The van der Waals surface area contributed by atoms with Crippen LogP contribution in [-0.2, 0) is 14.9 Å². The fourth-order valence-corrected chi connectivity index (χ4v) is 7.18. The molecule has 31 heavy (non-hydrogen) atoms. The molecule has 4 saturated carbocycles. The molecule has 5 aliphatic rings. The van der Waals surface area contributed by atoms with E-state index in [1.54, 1.807) is 4.90 Å². The predicted molar refractivity (Wildman–Crippen MR) is 121 cm³/mol. The molecule has 0 spiro atoms. The SMILES string of the molecule is CC(C)COC(=O)N1CCCC1C(=O)Nc1ccc(C23CC4CC(CC(C4)C2)C3)cc1. The van der Waals surface area contributed by atoms with Gasteiger partial charge in [-0.3, -0.25) is 9.69 Å². The van der Waals surface area contributed by atoms with Gasteiger partial charge in [-0.05, 0) is 98.1 Å². The van der Waals surface area contributed by atoms with Crippen LogP contribution in [0.3, 0.4) is 0 Å². The Balaban J connectivity index is 1.23. The summed E-state index contributed by atoms with van der Waals surface area (Å²) in [5.41, 5.74) is 2.66. The Bertz CT molecular complexity index is 796. The van der Waals surface area contributed by atoms with Crippen molar-refractivity contribution < 1.29 is 14.3 Å². The highest BCUT2D eigenvalue weighted by Gasteiger charge is 2.51. The summed E-state index contributed by atoms with van der Waals surface area (Å²) in [5, 5.41) is 3.05. The Morgan fingerprint density at radius 2 is 1.68 bits per heavy atom. The number of carbonyl (C=O) groups excluding carboxylic acids is 2. The van der Waals surface area contributed by atoms with Gasteiger partial charge in [0.1, 0.15) is 6.04 Å². The average molecular weight is 425 g/mol. The fraction of sp³-hybridized carbons (Fsp3) is 0.692. The van der Waals surface area contributed by atoms with Crippen molar-refractivity contribution in [2.24, 2.45) is 23.7 Å². The van der Waals surface area contributed by atoms with Gasteiger partial charge in [-0.1, -0.05) is 26.0 Å². The molecule has 4 aliphatic carbocycles. The van der Waals surface area contributed by atoms with Crippen LogP contribution in [-0.4, -0.2) is 36.1 Å². The third kappa shape index (κ3) is 4.08. The van der Waals surface area contributed by atoms with Gasteiger partial charge in [0.25, 0.3) is 0 Å². The number of rotatable bonds is 5. The maximum Gasteiger partial charge on any atom is 0.410 e. The average Bonchev–Trinajstić information content (AvgIpc) is 3.22. The van der Waals surface area contributed by atoms with Crippen molar-refractivity contribution in [2.45, 2.75) is 76.7 Å². The second-order valence-corrected chi connectivity index (χ2v) is 11.1. The van der Waals surface area contributed by atoms with Crippen LogP contribution in [0.1, 0.15) is 70.8 Å². The second kappa shape index (κ2) is 8.14. The summed E-state index contributed by atoms with van der Waals surface area (Å²) in [7, 11) is 0. The van der Waals surface area contributed by atoms with Crippen LogP contribution in [0.2, 0.25) is 0 Å². The zero-order valence-electron chi connectivity index (χ0n) is 18.9. The summed E-state index contributed by atoms with van der Waals surface area (Å²) < 4.78 is 5.36. The molecule has 1 heterocycles. The van der Waals surface area contributed by atoms with Gasteiger partial charge >= 0.3 is 6.09 Å². The standard InChI is InChI=1S/C26H36N2O3/c1-17(2)16-31-25(30)28-9-3-4-23(28)24(29)27-22-7-5-21(6-8-22)26-13-18-10-19(14-26)12-20(11-18)15-26/h5-8,17-20,23H,3-4,9-16H2,1-2H3,(H,27,29). The Morgan fingerprint density at radius 1 is 1.06 bits per heavy atom. The van der Waals surface area contributed by atoms with Gasteiger partial charge in [0, 0.05) is 12.2 Å². The molecule has 5 heteroatoms. The monoisotopic (exact) mass is 424 g/mol. The number of anilines is 1. The van der Waals surface area contributed by atoms with Crippen LogP contribution >= 0.6 is 0 Å². The lowest BCUT2D eigenvalue weighted by Crippen LogP contribution is -2.48. The van der Waals surface area contributed by atoms with Gasteiger partial charge in [-0.25, -0.2) is 4.79 Å². The number of amides is 2.